The van der Waals surface area contributed by atoms with Crippen LogP contribution in [0.5, 0.6) is 0 Å². The molecule has 0 radical (unpaired) electrons. The van der Waals surface area contributed by atoms with E-state index in [-0.39, 0.29) is 11.2 Å². The molecule has 2 heteroatoms. The molecule has 1 aliphatic rings. The molecule has 0 atom stereocenters. The Morgan fingerprint density at radius 3 is 2.13 bits per heavy atom. The van der Waals surface area contributed by atoms with Crippen LogP contribution < -0.4 is 5.73 Å². The fourth-order valence-corrected chi connectivity index (χ4v) is 2.61. The maximum Gasteiger partial charge on any atom is 0.0811 e. The average molecular weight is 213 g/mol. The van der Waals surface area contributed by atoms with Gasteiger partial charge >= 0.3 is 0 Å². The number of ether oxygens (including phenoxy) is 1. The first-order chi connectivity index (χ1) is 6.91. The first kappa shape index (κ1) is 13.0. The highest BCUT2D eigenvalue weighted by Crippen LogP contribution is 2.37. The van der Waals surface area contributed by atoms with Gasteiger partial charge in [-0.2, -0.15) is 0 Å². The summed E-state index contributed by atoms with van der Waals surface area (Å²) in [7, 11) is 0. The molecule has 0 aromatic rings. The van der Waals surface area contributed by atoms with Crippen molar-refractivity contribution in [3.63, 3.8) is 0 Å². The maximum absolute atomic E-state index is 6.18. The second-order valence-corrected chi connectivity index (χ2v) is 5.95. The fraction of sp³-hybridized carbons (Fsp3) is 1.00. The Morgan fingerprint density at radius 1 is 1.27 bits per heavy atom. The molecular weight excluding hydrogens is 186 g/mol. The third kappa shape index (κ3) is 3.76. The molecule has 2 nitrogen and oxygen atoms in total. The topological polar surface area (TPSA) is 35.2 Å². The summed E-state index contributed by atoms with van der Waals surface area (Å²) >= 11 is 0. The smallest absolute Gasteiger partial charge is 0.0811 e. The minimum absolute atomic E-state index is 0.0378. The van der Waals surface area contributed by atoms with Gasteiger partial charge in [-0.15, -0.1) is 0 Å². The van der Waals surface area contributed by atoms with E-state index >= 15 is 0 Å². The number of rotatable bonds is 3. The average Bonchev–Trinajstić information content (AvgIpc) is 2.16. The van der Waals surface area contributed by atoms with Crippen molar-refractivity contribution in [2.24, 2.45) is 11.7 Å². The van der Waals surface area contributed by atoms with Crippen LogP contribution in [0.4, 0.5) is 0 Å². The van der Waals surface area contributed by atoms with E-state index in [1.54, 1.807) is 0 Å². The Labute approximate surface area is 94.6 Å². The van der Waals surface area contributed by atoms with Gasteiger partial charge < -0.3 is 10.5 Å². The van der Waals surface area contributed by atoms with Gasteiger partial charge in [-0.05, 0) is 52.4 Å². The fourth-order valence-electron chi connectivity index (χ4n) is 2.61. The largest absolute Gasteiger partial charge is 0.368 e. The third-order valence-corrected chi connectivity index (χ3v) is 3.49. The van der Waals surface area contributed by atoms with Crippen molar-refractivity contribution in [1.29, 1.82) is 0 Å². The summed E-state index contributed by atoms with van der Waals surface area (Å²) in [5.74, 6) is 0.897. The van der Waals surface area contributed by atoms with Gasteiger partial charge in [-0.3, -0.25) is 0 Å². The zero-order chi connectivity index (χ0) is 11.5. The van der Waals surface area contributed by atoms with Crippen LogP contribution in [0.15, 0.2) is 0 Å². The molecule has 0 amide bonds. The summed E-state index contributed by atoms with van der Waals surface area (Å²) in [6.07, 6.45) is 6.14. The lowest BCUT2D eigenvalue weighted by molar-refractivity contribution is -0.147. The third-order valence-electron chi connectivity index (χ3n) is 3.49. The van der Waals surface area contributed by atoms with Crippen molar-refractivity contribution in [3.8, 4) is 0 Å². The molecule has 0 saturated heterocycles. The van der Waals surface area contributed by atoms with E-state index in [9.17, 15) is 0 Å². The van der Waals surface area contributed by atoms with E-state index in [2.05, 4.69) is 27.7 Å². The van der Waals surface area contributed by atoms with E-state index in [0.717, 1.165) is 18.8 Å². The molecule has 0 heterocycles. The van der Waals surface area contributed by atoms with Crippen LogP contribution in [0.3, 0.4) is 0 Å². The van der Waals surface area contributed by atoms with Crippen LogP contribution in [0.1, 0.15) is 59.8 Å². The van der Waals surface area contributed by atoms with Crippen molar-refractivity contribution in [3.05, 3.63) is 0 Å². The summed E-state index contributed by atoms with van der Waals surface area (Å²) < 4.78 is 6.18. The highest BCUT2D eigenvalue weighted by Gasteiger charge is 2.37. The zero-order valence-electron chi connectivity index (χ0n) is 10.8. The predicted octanol–water partition coefficient (Wildman–Crippen LogP) is 3.10. The zero-order valence-corrected chi connectivity index (χ0v) is 10.8. The SMILES string of the molecule is CCC1CCC(CN)(OC(C)(C)C)CC1. The normalized spacial score (nSPS) is 33.0. The molecule has 1 saturated carbocycles. The summed E-state index contributed by atoms with van der Waals surface area (Å²) in [6, 6.07) is 0. The van der Waals surface area contributed by atoms with E-state index < -0.39 is 0 Å². The molecule has 2 N–H and O–H groups in total. The van der Waals surface area contributed by atoms with Gasteiger partial charge in [0, 0.05) is 6.54 Å². The van der Waals surface area contributed by atoms with Gasteiger partial charge in [-0.25, -0.2) is 0 Å². The summed E-state index contributed by atoms with van der Waals surface area (Å²) in [5.41, 5.74) is 5.80. The van der Waals surface area contributed by atoms with E-state index in [1.165, 1.54) is 19.3 Å². The van der Waals surface area contributed by atoms with Crippen LogP contribution >= 0.6 is 0 Å². The second kappa shape index (κ2) is 4.84. The van der Waals surface area contributed by atoms with Crippen molar-refractivity contribution >= 4 is 0 Å². The standard InChI is InChI=1S/C13H27NO/c1-5-11-6-8-13(10-14,9-7-11)15-12(2,3)4/h11H,5-10,14H2,1-4H3. The quantitative estimate of drug-likeness (QED) is 0.782. The highest BCUT2D eigenvalue weighted by atomic mass is 16.5. The molecule has 0 aromatic heterocycles. The van der Waals surface area contributed by atoms with Crippen molar-refractivity contribution < 1.29 is 4.74 Å². The van der Waals surface area contributed by atoms with Crippen LogP contribution in [-0.2, 0) is 4.74 Å². The molecule has 15 heavy (non-hydrogen) atoms. The lowest BCUT2D eigenvalue weighted by Gasteiger charge is -2.43. The Balaban J connectivity index is 2.56. The molecule has 0 bridgehead atoms. The van der Waals surface area contributed by atoms with E-state index in [0.29, 0.717) is 6.54 Å². The molecule has 1 fully saturated rings. The molecule has 1 aliphatic carbocycles. The monoisotopic (exact) mass is 213 g/mol. The van der Waals surface area contributed by atoms with Crippen molar-refractivity contribution in [2.75, 3.05) is 6.54 Å². The first-order valence-electron chi connectivity index (χ1n) is 6.31. The number of nitrogens with two attached hydrogens (primary N) is 1. The maximum atomic E-state index is 6.18. The Hall–Kier alpha value is -0.0800. The molecule has 0 aliphatic heterocycles. The minimum Gasteiger partial charge on any atom is -0.368 e. The van der Waals surface area contributed by atoms with Gasteiger partial charge in [0.25, 0.3) is 0 Å². The summed E-state index contributed by atoms with van der Waals surface area (Å²) in [6.45, 7) is 9.31. The molecular formula is C13H27NO. The van der Waals surface area contributed by atoms with Crippen LogP contribution in [0, 0.1) is 5.92 Å². The lowest BCUT2D eigenvalue weighted by Crippen LogP contribution is -2.48. The predicted molar refractivity (Wildman–Crippen MR) is 64.9 cm³/mol. The van der Waals surface area contributed by atoms with Gasteiger partial charge in [0.1, 0.15) is 0 Å². The Bertz CT molecular complexity index is 187. The molecule has 90 valence electrons. The van der Waals surface area contributed by atoms with Crippen molar-refractivity contribution in [2.45, 2.75) is 71.0 Å². The number of hydrogen-bond acceptors (Lipinski definition) is 2. The van der Waals surface area contributed by atoms with Crippen LogP contribution in [0.2, 0.25) is 0 Å². The second-order valence-electron chi connectivity index (χ2n) is 5.95. The molecule has 1 rings (SSSR count). The highest BCUT2D eigenvalue weighted by molar-refractivity contribution is 4.90. The first-order valence-corrected chi connectivity index (χ1v) is 6.31. The van der Waals surface area contributed by atoms with Gasteiger partial charge in [0.05, 0.1) is 11.2 Å². The van der Waals surface area contributed by atoms with Crippen LogP contribution in [0.25, 0.3) is 0 Å². The van der Waals surface area contributed by atoms with Gasteiger partial charge in [0.15, 0.2) is 0 Å². The van der Waals surface area contributed by atoms with Gasteiger partial charge in [-0.1, -0.05) is 13.3 Å². The van der Waals surface area contributed by atoms with E-state index in [4.69, 9.17) is 10.5 Å². The van der Waals surface area contributed by atoms with Crippen molar-refractivity contribution in [1.82, 2.24) is 0 Å². The Morgan fingerprint density at radius 2 is 1.80 bits per heavy atom. The summed E-state index contributed by atoms with van der Waals surface area (Å²) in [5, 5.41) is 0. The molecule has 0 spiro atoms. The summed E-state index contributed by atoms with van der Waals surface area (Å²) in [4.78, 5) is 0. The number of hydrogen-bond donors (Lipinski definition) is 1. The molecule has 0 aromatic carbocycles. The Kier molecular flexibility index (Phi) is 4.19. The van der Waals surface area contributed by atoms with Crippen LogP contribution in [-0.4, -0.2) is 17.7 Å². The van der Waals surface area contributed by atoms with Gasteiger partial charge in [0.2, 0.25) is 0 Å². The van der Waals surface area contributed by atoms with E-state index in [1.807, 2.05) is 0 Å². The lowest BCUT2D eigenvalue weighted by atomic mass is 9.77. The minimum atomic E-state index is -0.0710. The molecule has 0 unspecified atom stereocenters.